The SMILES string of the molecule is CO[C@H]1[C@H](O)[C@H](O)C(O)(CO)O[C@H]1O.C[C@@H]1CC[C@@]2(OC1)O[C@H]1C[C@H]3[C@@H]4CC=C5C[C@@H](O)CC[C@]5(C)[C@H]4CC[C@]3(C)[C@H]1[C@@H]2C. The average molecular weight is 625 g/mol. The number of methoxy groups -OCH3 is 1. The van der Waals surface area contributed by atoms with Gasteiger partial charge in [0.25, 0.3) is 0 Å². The summed E-state index contributed by atoms with van der Waals surface area (Å²) in [5.41, 5.74) is 2.31. The van der Waals surface area contributed by atoms with Gasteiger partial charge in [0.2, 0.25) is 5.79 Å². The van der Waals surface area contributed by atoms with E-state index in [1.54, 1.807) is 5.57 Å². The Morgan fingerprint density at radius 3 is 2.39 bits per heavy atom. The van der Waals surface area contributed by atoms with Crippen molar-refractivity contribution in [3.63, 3.8) is 0 Å². The van der Waals surface area contributed by atoms with E-state index in [0.29, 0.717) is 34.7 Å². The third-order valence-corrected chi connectivity index (χ3v) is 13.6. The van der Waals surface area contributed by atoms with Gasteiger partial charge in [-0.15, -0.1) is 0 Å². The molecule has 1 spiro atoms. The molecule has 252 valence electrons. The van der Waals surface area contributed by atoms with E-state index in [1.165, 1.54) is 45.6 Å². The first-order chi connectivity index (χ1) is 20.7. The Hall–Kier alpha value is -0.660. The fraction of sp³-hybridized carbons (Fsp3) is 0.941. The highest BCUT2D eigenvalue weighted by atomic mass is 16.7. The van der Waals surface area contributed by atoms with E-state index in [1.807, 2.05) is 0 Å². The second-order valence-electron chi connectivity index (χ2n) is 15.8. The summed E-state index contributed by atoms with van der Waals surface area (Å²) in [6.07, 6.45) is 7.38. The van der Waals surface area contributed by atoms with Crippen LogP contribution in [0.5, 0.6) is 0 Å². The average Bonchev–Trinajstić information content (AvgIpc) is 3.44. The maximum absolute atomic E-state index is 10.3. The molecule has 0 aromatic carbocycles. The Morgan fingerprint density at radius 2 is 1.73 bits per heavy atom. The first-order valence-corrected chi connectivity index (χ1v) is 17.0. The van der Waals surface area contributed by atoms with Crippen molar-refractivity contribution >= 4 is 0 Å². The van der Waals surface area contributed by atoms with Gasteiger partial charge in [0, 0.05) is 19.4 Å². The van der Waals surface area contributed by atoms with E-state index in [4.69, 9.17) is 14.6 Å². The lowest BCUT2D eigenvalue weighted by molar-refractivity contribution is -0.392. The standard InChI is InChI=1S/C27H42O3.C7H14O7/c1-16-7-12-27(29-15-16)17(2)24-23(30-27)14-22-20-6-5-18-13-19(28)8-10-25(18,3)21(20)9-11-26(22,24)4;1-13-4-3(9)5(10)7(12,2-8)14-6(4)11/h5,16-17,19-24,28H,6-15H2,1-4H3;3-6,8-12H,2H2,1H3/t16-,17+,19+,20-,21+,22+,23+,24+,25+,26+,27-;3-,4-,5-,6+,7?/m10/s1. The van der Waals surface area contributed by atoms with Gasteiger partial charge in [0.05, 0.1) is 25.4 Å². The lowest BCUT2D eigenvalue weighted by Gasteiger charge is -2.58. The zero-order chi connectivity index (χ0) is 31.8. The minimum absolute atomic E-state index is 0.107. The largest absolute Gasteiger partial charge is 0.393 e. The number of fused-ring (bicyclic) bond motifs is 7. The highest BCUT2D eigenvalue weighted by Gasteiger charge is 2.68. The van der Waals surface area contributed by atoms with Gasteiger partial charge in [-0.25, -0.2) is 0 Å². The van der Waals surface area contributed by atoms with E-state index in [0.717, 1.165) is 43.6 Å². The fourth-order valence-electron chi connectivity index (χ4n) is 11.0. The molecule has 10 nitrogen and oxygen atoms in total. The molecule has 3 saturated carbocycles. The number of hydrogen-bond donors (Lipinski definition) is 6. The summed E-state index contributed by atoms with van der Waals surface area (Å²) < 4.78 is 22.5. The van der Waals surface area contributed by atoms with E-state index in [-0.39, 0.29) is 11.9 Å². The predicted molar refractivity (Wildman–Crippen MR) is 160 cm³/mol. The minimum atomic E-state index is -2.37. The van der Waals surface area contributed by atoms with Crippen molar-refractivity contribution in [1.82, 2.24) is 0 Å². The molecule has 16 atom stereocenters. The highest BCUT2D eigenvalue weighted by molar-refractivity contribution is 5.26. The van der Waals surface area contributed by atoms with Gasteiger partial charge in [0.15, 0.2) is 12.1 Å². The van der Waals surface area contributed by atoms with Crippen molar-refractivity contribution in [2.24, 2.45) is 46.3 Å². The van der Waals surface area contributed by atoms with Crippen LogP contribution in [-0.4, -0.2) is 99.3 Å². The molecule has 7 aliphatic rings. The number of aliphatic hydroxyl groups is 6. The quantitative estimate of drug-likeness (QED) is 0.252. The Balaban J connectivity index is 0.000000208. The molecule has 0 bridgehead atoms. The first-order valence-electron chi connectivity index (χ1n) is 17.0. The van der Waals surface area contributed by atoms with Gasteiger partial charge in [-0.05, 0) is 91.8 Å². The molecular formula is C34H56O10. The van der Waals surface area contributed by atoms with Gasteiger partial charge >= 0.3 is 0 Å². The van der Waals surface area contributed by atoms with Crippen molar-refractivity contribution in [2.75, 3.05) is 20.3 Å². The number of aliphatic hydroxyl groups excluding tert-OH is 5. The molecule has 0 aromatic rings. The van der Waals surface area contributed by atoms with E-state index in [2.05, 4.69) is 43.2 Å². The lowest BCUT2D eigenvalue weighted by Crippen LogP contribution is -2.66. The molecule has 0 aromatic heterocycles. The van der Waals surface area contributed by atoms with Crippen LogP contribution in [0.15, 0.2) is 11.6 Å². The lowest BCUT2D eigenvalue weighted by atomic mass is 9.47. The molecule has 0 radical (unpaired) electrons. The van der Waals surface area contributed by atoms with Crippen molar-refractivity contribution in [2.45, 2.75) is 134 Å². The minimum Gasteiger partial charge on any atom is -0.393 e. The van der Waals surface area contributed by atoms with Gasteiger partial charge in [-0.2, -0.15) is 0 Å². The molecule has 3 heterocycles. The third kappa shape index (κ3) is 5.06. The van der Waals surface area contributed by atoms with Crippen LogP contribution in [0.1, 0.15) is 85.5 Å². The van der Waals surface area contributed by atoms with Crippen LogP contribution in [0.4, 0.5) is 0 Å². The van der Waals surface area contributed by atoms with Crippen molar-refractivity contribution in [1.29, 1.82) is 0 Å². The normalized spacial score (nSPS) is 56.5. The van der Waals surface area contributed by atoms with Crippen LogP contribution in [0, 0.1) is 46.3 Å². The molecule has 6 N–H and O–H groups in total. The molecular weight excluding hydrogens is 568 g/mol. The topological polar surface area (TPSA) is 158 Å². The maximum Gasteiger partial charge on any atom is 0.221 e. The van der Waals surface area contributed by atoms with E-state index >= 15 is 0 Å². The molecule has 0 amide bonds. The smallest absolute Gasteiger partial charge is 0.221 e. The van der Waals surface area contributed by atoms with Crippen molar-refractivity contribution in [3.8, 4) is 0 Å². The van der Waals surface area contributed by atoms with Gasteiger partial charge < -0.3 is 49.6 Å². The van der Waals surface area contributed by atoms with Crippen LogP contribution in [0.25, 0.3) is 0 Å². The maximum atomic E-state index is 10.3. The van der Waals surface area contributed by atoms with Gasteiger partial charge in [-0.3, -0.25) is 0 Å². The fourth-order valence-corrected chi connectivity index (χ4v) is 11.0. The van der Waals surface area contributed by atoms with Crippen LogP contribution >= 0.6 is 0 Å². The summed E-state index contributed by atoms with van der Waals surface area (Å²) >= 11 is 0. The molecule has 7 rings (SSSR count). The van der Waals surface area contributed by atoms with Crippen LogP contribution in [-0.2, 0) is 18.9 Å². The Bertz CT molecular complexity index is 1080. The summed E-state index contributed by atoms with van der Waals surface area (Å²) in [7, 11) is 1.20. The monoisotopic (exact) mass is 624 g/mol. The van der Waals surface area contributed by atoms with Crippen LogP contribution in [0.3, 0.4) is 0 Å². The summed E-state index contributed by atoms with van der Waals surface area (Å²) in [5, 5.41) is 56.3. The molecule has 3 aliphatic heterocycles. The summed E-state index contributed by atoms with van der Waals surface area (Å²) in [6, 6.07) is 0. The second-order valence-corrected chi connectivity index (χ2v) is 15.8. The zero-order valence-electron chi connectivity index (χ0n) is 27.1. The molecule has 6 fully saturated rings. The molecule has 3 saturated heterocycles. The summed E-state index contributed by atoms with van der Waals surface area (Å²) in [6.45, 7) is 9.83. The predicted octanol–water partition coefficient (Wildman–Crippen LogP) is 2.47. The molecule has 44 heavy (non-hydrogen) atoms. The van der Waals surface area contributed by atoms with Crippen LogP contribution in [0.2, 0.25) is 0 Å². The number of allylic oxidation sites excluding steroid dienone is 1. The summed E-state index contributed by atoms with van der Waals surface area (Å²) in [4.78, 5) is 0. The molecule has 4 aliphatic carbocycles. The van der Waals surface area contributed by atoms with Crippen molar-refractivity contribution < 1.29 is 49.6 Å². The van der Waals surface area contributed by atoms with Crippen LogP contribution < -0.4 is 0 Å². The number of rotatable bonds is 2. The molecule has 1 unspecified atom stereocenters. The third-order valence-electron chi connectivity index (χ3n) is 13.6. The summed E-state index contributed by atoms with van der Waals surface area (Å²) in [5.74, 6) is 1.57. The number of hydrogen-bond acceptors (Lipinski definition) is 10. The first kappa shape index (κ1) is 33.2. The van der Waals surface area contributed by atoms with Crippen molar-refractivity contribution in [3.05, 3.63) is 11.6 Å². The second kappa shape index (κ2) is 11.8. The van der Waals surface area contributed by atoms with Gasteiger partial charge in [0.1, 0.15) is 18.3 Å². The Kier molecular flexibility index (Phi) is 8.91. The number of ether oxygens (including phenoxy) is 4. The van der Waals surface area contributed by atoms with E-state index in [9.17, 15) is 25.5 Å². The zero-order valence-corrected chi connectivity index (χ0v) is 27.1. The van der Waals surface area contributed by atoms with E-state index < -0.39 is 37.0 Å². The Morgan fingerprint density at radius 1 is 0.977 bits per heavy atom. The van der Waals surface area contributed by atoms with Gasteiger partial charge in [-0.1, -0.05) is 39.3 Å². The highest BCUT2D eigenvalue weighted by Crippen LogP contribution is 2.70. The Labute approximate surface area is 261 Å². The molecule has 10 heteroatoms.